The number of benzene rings is 1. The van der Waals surface area contributed by atoms with E-state index in [1.807, 2.05) is 31.2 Å². The molecule has 0 saturated carbocycles. The number of ether oxygens (including phenoxy) is 1. The van der Waals surface area contributed by atoms with Gasteiger partial charge in [-0.2, -0.15) is 0 Å². The summed E-state index contributed by atoms with van der Waals surface area (Å²) in [5.74, 6) is -0.504. The molecule has 1 aromatic heterocycles. The Balaban J connectivity index is 1.82. The number of carbonyl (C=O) groups is 2. The van der Waals surface area contributed by atoms with Crippen LogP contribution in [0.3, 0.4) is 0 Å². The lowest BCUT2D eigenvalue weighted by Crippen LogP contribution is -2.27. The van der Waals surface area contributed by atoms with Crippen molar-refractivity contribution in [3.8, 4) is 0 Å². The molecule has 0 aliphatic heterocycles. The first-order valence-corrected chi connectivity index (χ1v) is 9.07. The Kier molecular flexibility index (Phi) is 7.40. The van der Waals surface area contributed by atoms with Gasteiger partial charge in [0, 0.05) is 12.6 Å². The summed E-state index contributed by atoms with van der Waals surface area (Å²) >= 11 is 1.11. The number of nitrogens with one attached hydrogen (secondary N) is 2. The number of thioether (sulfide) groups is 1. The first kappa shape index (κ1) is 19.7. The van der Waals surface area contributed by atoms with Crippen molar-refractivity contribution >= 4 is 23.6 Å². The van der Waals surface area contributed by atoms with Crippen LogP contribution in [-0.4, -0.2) is 41.3 Å². The van der Waals surface area contributed by atoms with Crippen molar-refractivity contribution in [2.75, 3.05) is 19.4 Å². The van der Waals surface area contributed by atoms with E-state index in [0.717, 1.165) is 18.2 Å². The Bertz CT molecular complexity index is 835. The zero-order valence-corrected chi connectivity index (χ0v) is 15.5. The molecule has 0 spiro atoms. The van der Waals surface area contributed by atoms with Gasteiger partial charge in [0.1, 0.15) is 0 Å². The average Bonchev–Trinajstić information content (AvgIpc) is 2.61. The number of aromatic nitrogens is 2. The van der Waals surface area contributed by atoms with E-state index in [2.05, 4.69) is 20.0 Å². The molecule has 0 bridgehead atoms. The van der Waals surface area contributed by atoms with E-state index < -0.39 is 5.97 Å². The van der Waals surface area contributed by atoms with Crippen LogP contribution in [0.2, 0.25) is 0 Å². The lowest BCUT2D eigenvalue weighted by Gasteiger charge is -2.07. The second kappa shape index (κ2) is 9.76. The Labute approximate surface area is 155 Å². The van der Waals surface area contributed by atoms with Crippen LogP contribution in [0.5, 0.6) is 0 Å². The van der Waals surface area contributed by atoms with Gasteiger partial charge >= 0.3 is 5.97 Å². The molecular weight excluding hydrogens is 354 g/mol. The van der Waals surface area contributed by atoms with Crippen LogP contribution in [0.15, 0.2) is 40.3 Å². The summed E-state index contributed by atoms with van der Waals surface area (Å²) < 4.78 is 4.56. The summed E-state index contributed by atoms with van der Waals surface area (Å²) in [6.07, 6.45) is 0.670. The fourth-order valence-electron chi connectivity index (χ4n) is 2.27. The number of rotatable bonds is 8. The fourth-order valence-corrected chi connectivity index (χ4v) is 3.00. The monoisotopic (exact) mass is 375 g/mol. The third-order valence-corrected chi connectivity index (χ3v) is 4.52. The topological polar surface area (TPSA) is 101 Å². The highest BCUT2D eigenvalue weighted by Crippen LogP contribution is 2.11. The summed E-state index contributed by atoms with van der Waals surface area (Å²) in [6, 6.07) is 9.27. The number of esters is 1. The second-order valence-corrected chi connectivity index (χ2v) is 6.57. The SMILES string of the molecule is COC(=O)Cc1cc(=O)[nH]c(SCC(=O)NCCc2ccccc2C)n1. The smallest absolute Gasteiger partial charge is 0.311 e. The molecule has 7 nitrogen and oxygen atoms in total. The molecule has 1 amide bonds. The van der Waals surface area contributed by atoms with Gasteiger partial charge in [-0.05, 0) is 24.5 Å². The van der Waals surface area contributed by atoms with Crippen LogP contribution in [0, 0.1) is 6.92 Å². The molecule has 26 heavy (non-hydrogen) atoms. The Morgan fingerprint density at radius 1 is 1.31 bits per heavy atom. The molecule has 0 aliphatic rings. The van der Waals surface area contributed by atoms with Gasteiger partial charge in [0.15, 0.2) is 5.16 Å². The third kappa shape index (κ3) is 6.36. The Morgan fingerprint density at radius 3 is 2.81 bits per heavy atom. The largest absolute Gasteiger partial charge is 0.469 e. The summed E-state index contributed by atoms with van der Waals surface area (Å²) in [6.45, 7) is 2.58. The normalized spacial score (nSPS) is 10.4. The number of carbonyl (C=O) groups excluding carboxylic acids is 2. The van der Waals surface area contributed by atoms with E-state index >= 15 is 0 Å². The molecule has 2 N–H and O–H groups in total. The van der Waals surface area contributed by atoms with E-state index in [1.165, 1.54) is 24.3 Å². The van der Waals surface area contributed by atoms with E-state index in [9.17, 15) is 14.4 Å². The molecule has 0 aliphatic carbocycles. The Hall–Kier alpha value is -2.61. The number of H-pyrrole nitrogens is 1. The van der Waals surface area contributed by atoms with Gasteiger partial charge in [0.25, 0.3) is 5.56 Å². The number of aryl methyl sites for hydroxylation is 1. The molecule has 2 aromatic rings. The number of nitrogens with zero attached hydrogens (tertiary/aromatic N) is 1. The van der Waals surface area contributed by atoms with E-state index in [4.69, 9.17) is 0 Å². The third-order valence-electron chi connectivity index (χ3n) is 3.64. The maximum absolute atomic E-state index is 12.0. The standard InChI is InChI=1S/C18H21N3O4S/c1-12-5-3-4-6-13(12)7-8-19-16(23)11-26-18-20-14(9-15(22)21-18)10-17(24)25-2/h3-6,9H,7-8,10-11H2,1-2H3,(H,19,23)(H,20,21,22). The van der Waals surface area contributed by atoms with Crippen molar-refractivity contribution in [3.05, 3.63) is 57.5 Å². The molecule has 0 radical (unpaired) electrons. The maximum atomic E-state index is 12.0. The van der Waals surface area contributed by atoms with Crippen molar-refractivity contribution in [2.24, 2.45) is 0 Å². The second-order valence-electron chi connectivity index (χ2n) is 5.61. The predicted molar refractivity (Wildman–Crippen MR) is 99.2 cm³/mol. The molecule has 8 heteroatoms. The van der Waals surface area contributed by atoms with Crippen LogP contribution < -0.4 is 10.9 Å². The summed E-state index contributed by atoms with van der Waals surface area (Å²) in [5, 5.41) is 3.14. The first-order chi connectivity index (χ1) is 12.5. The highest BCUT2D eigenvalue weighted by atomic mass is 32.2. The number of methoxy groups -OCH3 is 1. The first-order valence-electron chi connectivity index (χ1n) is 8.09. The van der Waals surface area contributed by atoms with Crippen molar-refractivity contribution < 1.29 is 14.3 Å². The van der Waals surface area contributed by atoms with E-state index in [1.54, 1.807) is 0 Å². The van der Waals surface area contributed by atoms with Gasteiger partial charge in [-0.3, -0.25) is 14.4 Å². The van der Waals surface area contributed by atoms with Crippen molar-refractivity contribution in [2.45, 2.75) is 24.9 Å². The quantitative estimate of drug-likeness (QED) is 0.409. The van der Waals surface area contributed by atoms with Gasteiger partial charge < -0.3 is 15.0 Å². The molecule has 0 fully saturated rings. The van der Waals surface area contributed by atoms with Crippen LogP contribution >= 0.6 is 11.8 Å². The number of aromatic amines is 1. The fraction of sp³-hybridized carbons (Fsp3) is 0.333. The highest BCUT2D eigenvalue weighted by molar-refractivity contribution is 7.99. The minimum Gasteiger partial charge on any atom is -0.469 e. The molecule has 138 valence electrons. The molecule has 0 unspecified atom stereocenters. The van der Waals surface area contributed by atoms with Gasteiger partial charge in [0.2, 0.25) is 5.91 Å². The van der Waals surface area contributed by atoms with Gasteiger partial charge in [-0.1, -0.05) is 36.0 Å². The molecular formula is C18H21N3O4S. The minimum atomic E-state index is -0.479. The summed E-state index contributed by atoms with van der Waals surface area (Å²) in [4.78, 5) is 41.6. The minimum absolute atomic E-state index is 0.0867. The number of hydrogen-bond donors (Lipinski definition) is 2. The van der Waals surface area contributed by atoms with Crippen molar-refractivity contribution in [3.63, 3.8) is 0 Å². The van der Waals surface area contributed by atoms with Crippen molar-refractivity contribution in [1.29, 1.82) is 0 Å². The lowest BCUT2D eigenvalue weighted by molar-refractivity contribution is -0.139. The van der Waals surface area contributed by atoms with Crippen molar-refractivity contribution in [1.82, 2.24) is 15.3 Å². The van der Waals surface area contributed by atoms with Gasteiger partial charge in [-0.15, -0.1) is 0 Å². The zero-order valence-electron chi connectivity index (χ0n) is 14.7. The van der Waals surface area contributed by atoms with Gasteiger partial charge in [-0.25, -0.2) is 4.98 Å². The average molecular weight is 375 g/mol. The lowest BCUT2D eigenvalue weighted by atomic mass is 10.1. The molecule has 2 rings (SSSR count). The molecule has 1 aromatic carbocycles. The van der Waals surface area contributed by atoms with Crippen LogP contribution in [0.1, 0.15) is 16.8 Å². The molecule has 1 heterocycles. The summed E-state index contributed by atoms with van der Waals surface area (Å²) in [5.41, 5.74) is 2.33. The maximum Gasteiger partial charge on any atom is 0.311 e. The van der Waals surface area contributed by atoms with E-state index in [-0.39, 0.29) is 23.6 Å². The Morgan fingerprint density at radius 2 is 2.08 bits per heavy atom. The van der Waals surface area contributed by atoms with Crippen LogP contribution in [0.4, 0.5) is 0 Å². The highest BCUT2D eigenvalue weighted by Gasteiger charge is 2.09. The van der Waals surface area contributed by atoms with E-state index in [0.29, 0.717) is 17.4 Å². The predicted octanol–water partition coefficient (Wildman–Crippen LogP) is 1.24. The zero-order chi connectivity index (χ0) is 18.9. The number of amides is 1. The van der Waals surface area contributed by atoms with Crippen LogP contribution in [-0.2, 0) is 27.2 Å². The summed E-state index contributed by atoms with van der Waals surface area (Å²) in [7, 11) is 1.27. The molecule has 0 atom stereocenters. The van der Waals surface area contributed by atoms with Gasteiger partial charge in [0.05, 0.1) is 25.0 Å². The molecule has 0 saturated heterocycles. The van der Waals surface area contributed by atoms with Crippen LogP contribution in [0.25, 0.3) is 0 Å². The number of hydrogen-bond acceptors (Lipinski definition) is 6.